The molecule has 2 rings (SSSR count). The van der Waals surface area contributed by atoms with E-state index in [-0.39, 0.29) is 12.3 Å². The molecule has 0 heterocycles. The Morgan fingerprint density at radius 1 is 1.12 bits per heavy atom. The number of amides is 3. The maximum atomic E-state index is 12.4. The Balaban J connectivity index is 2.03. The molecule has 0 aliphatic heterocycles. The lowest BCUT2D eigenvalue weighted by molar-refractivity contribution is -0.116. The third kappa shape index (κ3) is 5.78. The van der Waals surface area contributed by atoms with Crippen molar-refractivity contribution in [3.05, 3.63) is 59.7 Å². The minimum Gasteiger partial charge on any atom is -0.492 e. The molecule has 0 fully saturated rings. The number of hydrogen-bond acceptors (Lipinski definition) is 4. The Morgan fingerprint density at radius 2 is 1.81 bits per heavy atom. The van der Waals surface area contributed by atoms with Crippen molar-refractivity contribution in [3.63, 3.8) is 0 Å². The van der Waals surface area contributed by atoms with E-state index in [4.69, 9.17) is 16.2 Å². The third-order valence-electron chi connectivity index (χ3n) is 3.79. The van der Waals surface area contributed by atoms with Crippen LogP contribution in [0, 0.1) is 6.92 Å². The van der Waals surface area contributed by atoms with Gasteiger partial charge in [0.2, 0.25) is 5.91 Å². The summed E-state index contributed by atoms with van der Waals surface area (Å²) in [5.74, 6) is 0.448. The number of primary amides is 1. The summed E-state index contributed by atoms with van der Waals surface area (Å²) < 4.78 is 5.40. The molecule has 0 spiro atoms. The summed E-state index contributed by atoms with van der Waals surface area (Å²) in [5.41, 5.74) is 13.1. The molecule has 2 aromatic carbocycles. The second kappa shape index (κ2) is 9.43. The van der Waals surface area contributed by atoms with Crippen LogP contribution in [0.25, 0.3) is 0 Å². The van der Waals surface area contributed by atoms with Crippen molar-refractivity contribution >= 4 is 17.6 Å². The van der Waals surface area contributed by atoms with Crippen LogP contribution in [0.2, 0.25) is 0 Å². The zero-order valence-electron chi connectivity index (χ0n) is 14.7. The van der Waals surface area contributed by atoms with Gasteiger partial charge in [0.25, 0.3) is 0 Å². The summed E-state index contributed by atoms with van der Waals surface area (Å²) in [5, 5.41) is 5.44. The zero-order chi connectivity index (χ0) is 18.9. The average molecular weight is 356 g/mol. The topological polar surface area (TPSA) is 119 Å². The van der Waals surface area contributed by atoms with Crippen LogP contribution in [0.1, 0.15) is 23.6 Å². The number of ether oxygens (including phenoxy) is 1. The maximum Gasteiger partial charge on any atom is 0.312 e. The molecule has 138 valence electrons. The van der Waals surface area contributed by atoms with Crippen LogP contribution >= 0.6 is 0 Å². The van der Waals surface area contributed by atoms with Gasteiger partial charge in [0.05, 0.1) is 12.5 Å². The van der Waals surface area contributed by atoms with Gasteiger partial charge in [-0.1, -0.05) is 24.3 Å². The van der Waals surface area contributed by atoms with E-state index in [2.05, 4.69) is 10.6 Å². The Hall–Kier alpha value is -3.06. The van der Waals surface area contributed by atoms with E-state index in [9.17, 15) is 9.59 Å². The highest BCUT2D eigenvalue weighted by molar-refractivity contribution is 5.91. The van der Waals surface area contributed by atoms with Crippen LogP contribution in [0.4, 0.5) is 10.5 Å². The number of aryl methyl sites for hydroxylation is 1. The van der Waals surface area contributed by atoms with E-state index in [1.165, 1.54) is 0 Å². The van der Waals surface area contributed by atoms with E-state index in [0.29, 0.717) is 24.6 Å². The van der Waals surface area contributed by atoms with Crippen LogP contribution in [0.15, 0.2) is 48.5 Å². The summed E-state index contributed by atoms with van der Waals surface area (Å²) in [6, 6.07) is 13.4. The predicted octanol–water partition coefficient (Wildman–Crippen LogP) is 2.07. The first kappa shape index (κ1) is 19.3. The lowest BCUT2D eigenvalue weighted by atomic mass is 9.98. The molecule has 0 saturated carbocycles. The SMILES string of the molecule is Cc1ccccc1C(CC(=O)Nc1ccc(OCCN)cc1)NC(N)=O. The van der Waals surface area contributed by atoms with Gasteiger partial charge >= 0.3 is 6.03 Å². The van der Waals surface area contributed by atoms with Crippen molar-refractivity contribution in [1.29, 1.82) is 0 Å². The minimum absolute atomic E-state index is 0.0687. The summed E-state index contributed by atoms with van der Waals surface area (Å²) in [6.45, 7) is 2.79. The number of nitrogens with two attached hydrogens (primary N) is 2. The molecule has 0 saturated heterocycles. The van der Waals surface area contributed by atoms with E-state index >= 15 is 0 Å². The largest absolute Gasteiger partial charge is 0.492 e. The Kier molecular flexibility index (Phi) is 6.99. The van der Waals surface area contributed by atoms with Gasteiger partial charge in [0, 0.05) is 12.2 Å². The maximum absolute atomic E-state index is 12.4. The first-order valence-electron chi connectivity index (χ1n) is 8.34. The van der Waals surface area contributed by atoms with Crippen molar-refractivity contribution < 1.29 is 14.3 Å². The fourth-order valence-corrected chi connectivity index (χ4v) is 2.60. The second-order valence-corrected chi connectivity index (χ2v) is 5.83. The van der Waals surface area contributed by atoms with E-state index in [1.807, 2.05) is 31.2 Å². The molecule has 0 bridgehead atoms. The van der Waals surface area contributed by atoms with Crippen molar-refractivity contribution in [2.24, 2.45) is 11.5 Å². The molecule has 0 radical (unpaired) electrons. The van der Waals surface area contributed by atoms with Crippen LogP contribution in [-0.2, 0) is 4.79 Å². The van der Waals surface area contributed by atoms with Gasteiger partial charge in [-0.3, -0.25) is 4.79 Å². The molecule has 7 nitrogen and oxygen atoms in total. The number of carbonyl (C=O) groups excluding carboxylic acids is 2. The Labute approximate surface area is 152 Å². The first-order valence-corrected chi connectivity index (χ1v) is 8.34. The standard InChI is InChI=1S/C19H24N4O3/c1-13-4-2-3-5-16(13)17(23-19(21)25)12-18(24)22-14-6-8-15(9-7-14)26-11-10-20/h2-9,17H,10-12,20H2,1H3,(H,22,24)(H3,21,23,25). The Bertz CT molecular complexity index is 747. The second-order valence-electron chi connectivity index (χ2n) is 5.83. The molecular formula is C19H24N4O3. The van der Waals surface area contributed by atoms with E-state index < -0.39 is 12.1 Å². The summed E-state index contributed by atoms with van der Waals surface area (Å²) in [7, 11) is 0. The molecule has 26 heavy (non-hydrogen) atoms. The quantitative estimate of drug-likeness (QED) is 0.579. The summed E-state index contributed by atoms with van der Waals surface area (Å²) in [4.78, 5) is 23.7. The van der Waals surface area contributed by atoms with E-state index in [1.54, 1.807) is 24.3 Å². The molecule has 0 aliphatic rings. The zero-order valence-corrected chi connectivity index (χ0v) is 14.7. The highest BCUT2D eigenvalue weighted by Gasteiger charge is 2.19. The van der Waals surface area contributed by atoms with Gasteiger partial charge in [0.1, 0.15) is 12.4 Å². The smallest absolute Gasteiger partial charge is 0.312 e. The molecule has 6 N–H and O–H groups in total. The van der Waals surface area contributed by atoms with Crippen molar-refractivity contribution in [3.8, 4) is 5.75 Å². The lowest BCUT2D eigenvalue weighted by Gasteiger charge is -2.19. The van der Waals surface area contributed by atoms with Gasteiger partial charge in [0.15, 0.2) is 0 Å². The van der Waals surface area contributed by atoms with Crippen molar-refractivity contribution in [2.75, 3.05) is 18.5 Å². The first-order chi connectivity index (χ1) is 12.5. The molecular weight excluding hydrogens is 332 g/mol. The average Bonchev–Trinajstić information content (AvgIpc) is 2.60. The molecule has 2 aromatic rings. The number of benzene rings is 2. The third-order valence-corrected chi connectivity index (χ3v) is 3.79. The minimum atomic E-state index is -0.674. The van der Waals surface area contributed by atoms with Gasteiger partial charge < -0.3 is 26.8 Å². The summed E-state index contributed by atoms with van der Waals surface area (Å²) >= 11 is 0. The van der Waals surface area contributed by atoms with E-state index in [0.717, 1.165) is 11.1 Å². The lowest BCUT2D eigenvalue weighted by Crippen LogP contribution is -2.35. The number of carbonyl (C=O) groups is 2. The summed E-state index contributed by atoms with van der Waals surface area (Å²) in [6.07, 6.45) is 0.0687. The number of hydrogen-bond donors (Lipinski definition) is 4. The van der Waals surface area contributed by atoms with Gasteiger partial charge in [-0.05, 0) is 42.3 Å². The molecule has 0 aliphatic carbocycles. The van der Waals surface area contributed by atoms with Crippen LogP contribution in [-0.4, -0.2) is 25.1 Å². The molecule has 7 heteroatoms. The molecule has 1 atom stereocenters. The fraction of sp³-hybridized carbons (Fsp3) is 0.263. The van der Waals surface area contributed by atoms with Gasteiger partial charge in [-0.25, -0.2) is 4.79 Å². The number of rotatable bonds is 8. The highest BCUT2D eigenvalue weighted by atomic mass is 16.5. The van der Waals surface area contributed by atoms with Gasteiger partial charge in [-0.15, -0.1) is 0 Å². The van der Waals surface area contributed by atoms with Crippen LogP contribution in [0.5, 0.6) is 5.75 Å². The number of anilines is 1. The fourth-order valence-electron chi connectivity index (χ4n) is 2.60. The van der Waals surface area contributed by atoms with Gasteiger partial charge in [-0.2, -0.15) is 0 Å². The monoisotopic (exact) mass is 356 g/mol. The van der Waals surface area contributed by atoms with Crippen LogP contribution < -0.4 is 26.8 Å². The molecule has 3 amide bonds. The molecule has 0 aromatic heterocycles. The highest BCUT2D eigenvalue weighted by Crippen LogP contribution is 2.22. The molecule has 1 unspecified atom stereocenters. The predicted molar refractivity (Wildman–Crippen MR) is 101 cm³/mol. The Morgan fingerprint density at radius 3 is 2.42 bits per heavy atom. The number of nitrogens with one attached hydrogen (secondary N) is 2. The van der Waals surface area contributed by atoms with Crippen LogP contribution in [0.3, 0.4) is 0 Å². The number of urea groups is 1. The van der Waals surface area contributed by atoms with Crippen molar-refractivity contribution in [2.45, 2.75) is 19.4 Å². The normalized spacial score (nSPS) is 11.5. The van der Waals surface area contributed by atoms with Crippen molar-refractivity contribution in [1.82, 2.24) is 5.32 Å².